The van der Waals surface area contributed by atoms with E-state index in [9.17, 15) is 0 Å². The van der Waals surface area contributed by atoms with E-state index >= 15 is 0 Å². The number of rotatable bonds is 3. The topological polar surface area (TPSA) is 28.2 Å². The summed E-state index contributed by atoms with van der Waals surface area (Å²) in [6.45, 7) is 5.56. The largest absolute Gasteiger partial charge is 0.357 e. The first kappa shape index (κ1) is 11.4. The van der Waals surface area contributed by atoms with Gasteiger partial charge in [-0.3, -0.25) is 0 Å². The zero-order valence-corrected chi connectivity index (χ0v) is 10.2. The van der Waals surface area contributed by atoms with Gasteiger partial charge in [-0.1, -0.05) is 0 Å². The highest BCUT2D eigenvalue weighted by Crippen LogP contribution is 2.21. The molecule has 0 radical (unpaired) electrons. The molecule has 1 aromatic rings. The molecule has 1 saturated heterocycles. The minimum Gasteiger partial charge on any atom is -0.357 e. The molecule has 0 aliphatic carbocycles. The van der Waals surface area contributed by atoms with E-state index in [-0.39, 0.29) is 0 Å². The lowest BCUT2D eigenvalue weighted by Gasteiger charge is -2.32. The fourth-order valence-electron chi connectivity index (χ4n) is 2.35. The average Bonchev–Trinajstić information content (AvgIpc) is 2.30. The van der Waals surface area contributed by atoms with Crippen LogP contribution in [0.15, 0.2) is 18.3 Å². The minimum absolute atomic E-state index is 0.839. The number of nitrogens with zero attached hydrogens (tertiary/aromatic N) is 2. The van der Waals surface area contributed by atoms with Crippen LogP contribution in [-0.4, -0.2) is 31.7 Å². The van der Waals surface area contributed by atoms with E-state index in [4.69, 9.17) is 0 Å². The van der Waals surface area contributed by atoms with Gasteiger partial charge >= 0.3 is 0 Å². The molecular formula is C13H21N3. The van der Waals surface area contributed by atoms with E-state index in [0.29, 0.717) is 0 Å². The minimum atomic E-state index is 0.839. The second kappa shape index (κ2) is 5.30. The summed E-state index contributed by atoms with van der Waals surface area (Å²) in [4.78, 5) is 6.85. The first-order valence-corrected chi connectivity index (χ1v) is 6.12. The molecule has 1 aliphatic heterocycles. The molecule has 3 heteroatoms. The molecule has 88 valence electrons. The van der Waals surface area contributed by atoms with Crippen LogP contribution in [0.4, 0.5) is 5.82 Å². The fourth-order valence-corrected chi connectivity index (χ4v) is 2.35. The molecule has 2 heterocycles. The van der Waals surface area contributed by atoms with Crippen molar-refractivity contribution in [1.29, 1.82) is 0 Å². The van der Waals surface area contributed by atoms with Gasteiger partial charge < -0.3 is 10.2 Å². The van der Waals surface area contributed by atoms with Gasteiger partial charge in [0, 0.05) is 19.3 Å². The van der Waals surface area contributed by atoms with E-state index in [1.54, 1.807) is 0 Å². The quantitative estimate of drug-likeness (QED) is 0.840. The molecule has 1 fully saturated rings. The average molecular weight is 219 g/mol. The molecule has 1 aromatic heterocycles. The molecular weight excluding hydrogens is 198 g/mol. The van der Waals surface area contributed by atoms with Crippen LogP contribution in [0, 0.1) is 12.8 Å². The van der Waals surface area contributed by atoms with Crippen molar-refractivity contribution in [3.05, 3.63) is 23.9 Å². The number of hydrogen-bond acceptors (Lipinski definition) is 3. The molecule has 0 bridgehead atoms. The maximum Gasteiger partial charge on any atom is 0.128 e. The van der Waals surface area contributed by atoms with Crippen molar-refractivity contribution in [3.8, 4) is 0 Å². The summed E-state index contributed by atoms with van der Waals surface area (Å²) in [7, 11) is 2.04. The van der Waals surface area contributed by atoms with Crippen molar-refractivity contribution in [2.45, 2.75) is 19.8 Å². The molecule has 1 N–H and O–H groups in total. The first-order valence-electron chi connectivity index (χ1n) is 6.12. The summed E-state index contributed by atoms with van der Waals surface area (Å²) in [6, 6.07) is 4.23. The number of pyridine rings is 1. The standard InChI is InChI=1S/C13H21N3/c1-11-3-6-15-13(9-11)16-7-4-12(5-8-16)10-14-2/h3,6,9,12,14H,4-5,7-8,10H2,1-2H3. The smallest absolute Gasteiger partial charge is 0.128 e. The van der Waals surface area contributed by atoms with Crippen LogP contribution >= 0.6 is 0 Å². The highest BCUT2D eigenvalue weighted by molar-refractivity contribution is 5.40. The van der Waals surface area contributed by atoms with Crippen molar-refractivity contribution in [2.75, 3.05) is 31.6 Å². The van der Waals surface area contributed by atoms with Crippen molar-refractivity contribution in [2.24, 2.45) is 5.92 Å². The van der Waals surface area contributed by atoms with Crippen LogP contribution in [0.3, 0.4) is 0 Å². The third kappa shape index (κ3) is 2.73. The second-order valence-electron chi connectivity index (χ2n) is 4.68. The summed E-state index contributed by atoms with van der Waals surface area (Å²) in [5.41, 5.74) is 1.29. The highest BCUT2D eigenvalue weighted by Gasteiger charge is 2.19. The fraction of sp³-hybridized carbons (Fsp3) is 0.615. The Kier molecular flexibility index (Phi) is 3.78. The third-order valence-corrected chi connectivity index (χ3v) is 3.33. The molecule has 1 aliphatic rings. The third-order valence-electron chi connectivity index (χ3n) is 3.33. The molecule has 16 heavy (non-hydrogen) atoms. The number of hydrogen-bond donors (Lipinski definition) is 1. The Balaban J connectivity index is 1.94. The van der Waals surface area contributed by atoms with Gasteiger partial charge in [-0.25, -0.2) is 4.98 Å². The molecule has 0 spiro atoms. The van der Waals surface area contributed by atoms with Crippen LogP contribution in [0.25, 0.3) is 0 Å². The number of nitrogens with one attached hydrogen (secondary N) is 1. The van der Waals surface area contributed by atoms with Crippen molar-refractivity contribution < 1.29 is 0 Å². The zero-order valence-electron chi connectivity index (χ0n) is 10.2. The number of aryl methyl sites for hydroxylation is 1. The van der Waals surface area contributed by atoms with Gasteiger partial charge in [0.1, 0.15) is 5.82 Å². The van der Waals surface area contributed by atoms with Crippen molar-refractivity contribution in [1.82, 2.24) is 10.3 Å². The van der Waals surface area contributed by atoms with Gasteiger partial charge in [0.05, 0.1) is 0 Å². The molecule has 0 saturated carbocycles. The van der Waals surface area contributed by atoms with Crippen LogP contribution in [0.1, 0.15) is 18.4 Å². The molecule has 2 rings (SSSR count). The van der Waals surface area contributed by atoms with Gasteiger partial charge in [0.15, 0.2) is 0 Å². The zero-order chi connectivity index (χ0) is 11.4. The Labute approximate surface area is 97.9 Å². The van der Waals surface area contributed by atoms with E-state index in [0.717, 1.165) is 31.4 Å². The van der Waals surface area contributed by atoms with Crippen molar-refractivity contribution in [3.63, 3.8) is 0 Å². The Morgan fingerprint density at radius 2 is 2.19 bits per heavy atom. The van der Waals surface area contributed by atoms with E-state index in [2.05, 4.69) is 34.3 Å². The lowest BCUT2D eigenvalue weighted by Crippen LogP contribution is -2.37. The van der Waals surface area contributed by atoms with Crippen LogP contribution < -0.4 is 10.2 Å². The summed E-state index contributed by atoms with van der Waals surface area (Å²) >= 11 is 0. The van der Waals surface area contributed by atoms with E-state index < -0.39 is 0 Å². The lowest BCUT2D eigenvalue weighted by molar-refractivity contribution is 0.392. The Morgan fingerprint density at radius 1 is 1.44 bits per heavy atom. The van der Waals surface area contributed by atoms with E-state index in [1.807, 2.05) is 13.2 Å². The predicted molar refractivity (Wildman–Crippen MR) is 67.8 cm³/mol. The molecule has 0 amide bonds. The maximum absolute atomic E-state index is 4.44. The first-order chi connectivity index (χ1) is 7.79. The van der Waals surface area contributed by atoms with Crippen LogP contribution in [0.2, 0.25) is 0 Å². The van der Waals surface area contributed by atoms with Gasteiger partial charge in [-0.15, -0.1) is 0 Å². The summed E-state index contributed by atoms with van der Waals surface area (Å²) in [5.74, 6) is 1.98. The molecule has 3 nitrogen and oxygen atoms in total. The summed E-state index contributed by atoms with van der Waals surface area (Å²) in [5, 5.41) is 3.27. The van der Waals surface area contributed by atoms with Gasteiger partial charge in [-0.2, -0.15) is 0 Å². The molecule has 0 atom stereocenters. The Bertz CT molecular complexity index is 330. The number of anilines is 1. The maximum atomic E-state index is 4.44. The lowest BCUT2D eigenvalue weighted by atomic mass is 9.97. The predicted octanol–water partition coefficient (Wildman–Crippen LogP) is 1.83. The Morgan fingerprint density at radius 3 is 2.81 bits per heavy atom. The molecule has 0 aromatic carbocycles. The van der Waals surface area contributed by atoms with Gasteiger partial charge in [0.25, 0.3) is 0 Å². The van der Waals surface area contributed by atoms with Gasteiger partial charge in [-0.05, 0) is 57.0 Å². The summed E-state index contributed by atoms with van der Waals surface area (Å²) < 4.78 is 0. The Hall–Kier alpha value is -1.09. The van der Waals surface area contributed by atoms with Crippen LogP contribution in [0.5, 0.6) is 0 Å². The van der Waals surface area contributed by atoms with Gasteiger partial charge in [0.2, 0.25) is 0 Å². The number of piperidine rings is 1. The SMILES string of the molecule is CNCC1CCN(c2cc(C)ccn2)CC1. The summed E-state index contributed by atoms with van der Waals surface area (Å²) in [6.07, 6.45) is 4.46. The second-order valence-corrected chi connectivity index (χ2v) is 4.68. The monoisotopic (exact) mass is 219 g/mol. The molecule has 0 unspecified atom stereocenters. The van der Waals surface area contributed by atoms with Crippen molar-refractivity contribution >= 4 is 5.82 Å². The van der Waals surface area contributed by atoms with Crippen LogP contribution in [-0.2, 0) is 0 Å². The highest BCUT2D eigenvalue weighted by atomic mass is 15.2. The normalized spacial score (nSPS) is 17.8. The number of aromatic nitrogens is 1. The van der Waals surface area contributed by atoms with E-state index in [1.165, 1.54) is 18.4 Å².